The summed E-state index contributed by atoms with van der Waals surface area (Å²) in [5, 5.41) is 2.43. The van der Waals surface area contributed by atoms with Crippen LogP contribution in [-0.2, 0) is 9.53 Å². The third-order valence-electron chi connectivity index (χ3n) is 0.910. The van der Waals surface area contributed by atoms with E-state index < -0.39 is 6.09 Å². The standard InChI is InChI=1S/C6H10NO3/c1-10-6(9)7-4-2-3-5-8/h2-4H2,1H3,(H,7,9). The first-order valence-electron chi connectivity index (χ1n) is 2.98. The largest absolute Gasteiger partial charge is 0.453 e. The zero-order valence-electron chi connectivity index (χ0n) is 5.85. The highest BCUT2D eigenvalue weighted by atomic mass is 16.5. The Balaban J connectivity index is 3.03. The molecule has 0 aliphatic rings. The van der Waals surface area contributed by atoms with E-state index in [0.717, 1.165) is 0 Å². The first kappa shape index (κ1) is 8.94. The fraction of sp³-hybridized carbons (Fsp3) is 0.667. The van der Waals surface area contributed by atoms with Crippen molar-refractivity contribution < 1.29 is 14.3 Å². The van der Waals surface area contributed by atoms with Crippen molar-refractivity contribution in [2.45, 2.75) is 12.8 Å². The quantitative estimate of drug-likeness (QED) is 0.575. The van der Waals surface area contributed by atoms with E-state index in [1.165, 1.54) is 7.11 Å². The minimum atomic E-state index is -0.467. The fourth-order valence-corrected chi connectivity index (χ4v) is 0.423. The topological polar surface area (TPSA) is 55.4 Å². The molecule has 0 bridgehead atoms. The molecule has 10 heavy (non-hydrogen) atoms. The van der Waals surface area contributed by atoms with Crippen molar-refractivity contribution in [2.24, 2.45) is 0 Å². The molecule has 4 heteroatoms. The second-order valence-corrected chi connectivity index (χ2v) is 1.67. The van der Waals surface area contributed by atoms with Crippen molar-refractivity contribution in [3.8, 4) is 0 Å². The number of methoxy groups -OCH3 is 1. The molecule has 0 heterocycles. The Hall–Kier alpha value is -1.06. The van der Waals surface area contributed by atoms with Crippen molar-refractivity contribution in [3.05, 3.63) is 0 Å². The zero-order valence-corrected chi connectivity index (χ0v) is 5.85. The van der Waals surface area contributed by atoms with Gasteiger partial charge < -0.3 is 10.1 Å². The Labute approximate surface area is 59.6 Å². The van der Waals surface area contributed by atoms with Crippen molar-refractivity contribution in [1.82, 2.24) is 5.32 Å². The summed E-state index contributed by atoms with van der Waals surface area (Å²) < 4.78 is 4.28. The molecule has 0 aliphatic heterocycles. The molecule has 0 saturated heterocycles. The van der Waals surface area contributed by atoms with Gasteiger partial charge in [0.1, 0.15) is 0 Å². The molecule has 0 aromatic heterocycles. The number of hydrogen-bond donors (Lipinski definition) is 1. The third-order valence-corrected chi connectivity index (χ3v) is 0.910. The maximum atomic E-state index is 10.3. The summed E-state index contributed by atoms with van der Waals surface area (Å²) in [4.78, 5) is 20.0. The normalized spacial score (nSPS) is 8.50. The summed E-state index contributed by atoms with van der Waals surface area (Å²) in [6, 6.07) is 0. The van der Waals surface area contributed by atoms with Gasteiger partial charge in [0.15, 0.2) is 6.29 Å². The molecule has 4 nitrogen and oxygen atoms in total. The highest BCUT2D eigenvalue weighted by Crippen LogP contribution is 1.81. The van der Waals surface area contributed by atoms with Crippen molar-refractivity contribution in [3.63, 3.8) is 0 Å². The lowest BCUT2D eigenvalue weighted by Crippen LogP contribution is -2.23. The van der Waals surface area contributed by atoms with Crippen molar-refractivity contribution >= 4 is 12.4 Å². The summed E-state index contributed by atoms with van der Waals surface area (Å²) in [5.41, 5.74) is 0. The number of ether oxygens (including phenoxy) is 1. The van der Waals surface area contributed by atoms with Gasteiger partial charge in [0.2, 0.25) is 0 Å². The predicted octanol–water partition coefficient (Wildman–Crippen LogP) is 0.232. The summed E-state index contributed by atoms with van der Waals surface area (Å²) in [6.45, 7) is 0.460. The van der Waals surface area contributed by atoms with Crippen molar-refractivity contribution in [2.75, 3.05) is 13.7 Å². The molecule has 0 aromatic rings. The Morgan fingerprint density at radius 2 is 2.40 bits per heavy atom. The molecule has 0 aliphatic carbocycles. The van der Waals surface area contributed by atoms with E-state index >= 15 is 0 Å². The summed E-state index contributed by atoms with van der Waals surface area (Å²) in [7, 11) is 1.29. The van der Waals surface area contributed by atoms with Crippen molar-refractivity contribution in [1.29, 1.82) is 0 Å². The van der Waals surface area contributed by atoms with E-state index in [1.54, 1.807) is 6.29 Å². The van der Waals surface area contributed by atoms with Gasteiger partial charge in [-0.15, -0.1) is 0 Å². The molecule has 0 fully saturated rings. The maximum absolute atomic E-state index is 10.3. The molecule has 1 amide bonds. The second-order valence-electron chi connectivity index (χ2n) is 1.67. The van der Waals surface area contributed by atoms with Crippen LogP contribution in [0.25, 0.3) is 0 Å². The highest BCUT2D eigenvalue weighted by Gasteiger charge is 1.94. The van der Waals surface area contributed by atoms with E-state index in [1.807, 2.05) is 0 Å². The van der Waals surface area contributed by atoms with Gasteiger partial charge in [-0.05, 0) is 6.42 Å². The minimum Gasteiger partial charge on any atom is -0.453 e. The van der Waals surface area contributed by atoms with Gasteiger partial charge in [-0.3, -0.25) is 4.79 Å². The van der Waals surface area contributed by atoms with Crippen LogP contribution in [0.2, 0.25) is 0 Å². The molecule has 0 aromatic carbocycles. The van der Waals surface area contributed by atoms with Crippen LogP contribution in [0.5, 0.6) is 0 Å². The van der Waals surface area contributed by atoms with Gasteiger partial charge in [-0.2, -0.15) is 0 Å². The van der Waals surface area contributed by atoms with E-state index in [0.29, 0.717) is 19.4 Å². The van der Waals surface area contributed by atoms with Crippen LogP contribution in [0, 0.1) is 0 Å². The van der Waals surface area contributed by atoms with Crippen LogP contribution >= 0.6 is 0 Å². The number of rotatable bonds is 4. The smallest absolute Gasteiger partial charge is 0.406 e. The number of amides is 1. The Morgan fingerprint density at radius 3 is 2.90 bits per heavy atom. The number of nitrogens with one attached hydrogen (secondary N) is 1. The number of carbonyl (C=O) groups excluding carboxylic acids is 2. The van der Waals surface area contributed by atoms with Gasteiger partial charge in [-0.25, -0.2) is 4.79 Å². The van der Waals surface area contributed by atoms with E-state index in [2.05, 4.69) is 10.1 Å². The lowest BCUT2D eigenvalue weighted by atomic mass is 10.3. The highest BCUT2D eigenvalue weighted by molar-refractivity contribution is 5.66. The molecule has 0 rings (SSSR count). The summed E-state index contributed by atoms with van der Waals surface area (Å²) >= 11 is 0. The Kier molecular flexibility index (Phi) is 5.42. The first-order valence-corrected chi connectivity index (χ1v) is 2.98. The molecule has 0 atom stereocenters. The van der Waals surface area contributed by atoms with Crippen LogP contribution in [0.15, 0.2) is 0 Å². The number of alkyl carbamates (subject to hydrolysis) is 1. The van der Waals surface area contributed by atoms with Gasteiger partial charge in [-0.1, -0.05) is 0 Å². The fourth-order valence-electron chi connectivity index (χ4n) is 0.423. The molecule has 1 N–H and O–H groups in total. The van der Waals surface area contributed by atoms with Gasteiger partial charge in [0.25, 0.3) is 0 Å². The molecule has 0 spiro atoms. The third kappa shape index (κ3) is 5.08. The second kappa shape index (κ2) is 6.07. The zero-order chi connectivity index (χ0) is 7.82. The number of carbonyl (C=O) groups is 1. The minimum absolute atomic E-state index is 0.351. The lowest BCUT2D eigenvalue weighted by Gasteiger charge is -1.99. The van der Waals surface area contributed by atoms with Crippen LogP contribution in [0.1, 0.15) is 12.8 Å². The van der Waals surface area contributed by atoms with Crippen LogP contribution in [0.4, 0.5) is 4.79 Å². The van der Waals surface area contributed by atoms with Crippen LogP contribution in [0.3, 0.4) is 0 Å². The molecule has 0 saturated carbocycles. The SMILES string of the molecule is COC(=O)NCCC[C]=O. The van der Waals surface area contributed by atoms with Gasteiger partial charge in [0, 0.05) is 13.0 Å². The summed E-state index contributed by atoms with van der Waals surface area (Å²) in [6.07, 6.45) is 2.21. The molecule has 0 unspecified atom stereocenters. The molecular weight excluding hydrogens is 134 g/mol. The maximum Gasteiger partial charge on any atom is 0.406 e. The van der Waals surface area contributed by atoms with E-state index in [9.17, 15) is 9.59 Å². The Morgan fingerprint density at radius 1 is 1.70 bits per heavy atom. The van der Waals surface area contributed by atoms with Gasteiger partial charge >= 0.3 is 6.09 Å². The average molecular weight is 144 g/mol. The number of unbranched alkanes of at least 4 members (excludes halogenated alkanes) is 1. The Bertz CT molecular complexity index is 114. The molecular formula is C6H10NO3. The van der Waals surface area contributed by atoms with Crippen LogP contribution < -0.4 is 5.32 Å². The average Bonchev–Trinajstić information content (AvgIpc) is 1.98. The predicted molar refractivity (Wildman–Crippen MR) is 35.3 cm³/mol. The molecule has 1 radical (unpaired) electrons. The van der Waals surface area contributed by atoms with E-state index in [-0.39, 0.29) is 0 Å². The number of hydrogen-bond acceptors (Lipinski definition) is 3. The summed E-state index contributed by atoms with van der Waals surface area (Å²) in [5.74, 6) is 0. The van der Waals surface area contributed by atoms with E-state index in [4.69, 9.17) is 0 Å². The lowest BCUT2D eigenvalue weighted by molar-refractivity contribution is 0.171. The molecule has 57 valence electrons. The monoisotopic (exact) mass is 144 g/mol. The van der Waals surface area contributed by atoms with Crippen LogP contribution in [-0.4, -0.2) is 26.0 Å². The van der Waals surface area contributed by atoms with Gasteiger partial charge in [0.05, 0.1) is 7.11 Å². The first-order chi connectivity index (χ1) is 4.81.